The molecule has 1 heterocycles. The van der Waals surface area contributed by atoms with Crippen molar-refractivity contribution in [2.24, 2.45) is 5.92 Å². The van der Waals surface area contributed by atoms with E-state index in [1.54, 1.807) is 0 Å². The molecule has 106 valence electrons. The molecule has 0 amide bonds. The van der Waals surface area contributed by atoms with Crippen molar-refractivity contribution in [1.29, 1.82) is 0 Å². The normalized spacial score (nSPS) is 11.1. The second-order valence-corrected chi connectivity index (χ2v) is 5.83. The Morgan fingerprint density at radius 1 is 1.00 bits per heavy atom. The number of benzene rings is 1. The highest BCUT2D eigenvalue weighted by molar-refractivity contribution is 5.69. The molecule has 2 nitrogen and oxygen atoms in total. The third-order valence-electron chi connectivity index (χ3n) is 3.15. The highest BCUT2D eigenvalue weighted by atomic mass is 16.5. The minimum Gasteiger partial charge on any atom is -0.493 e. The van der Waals surface area contributed by atoms with Gasteiger partial charge in [0.25, 0.3) is 0 Å². The molecule has 0 aliphatic carbocycles. The van der Waals surface area contributed by atoms with Crippen LogP contribution in [0.1, 0.15) is 39.3 Å². The van der Waals surface area contributed by atoms with E-state index < -0.39 is 0 Å². The van der Waals surface area contributed by atoms with Gasteiger partial charge < -0.3 is 4.74 Å². The first-order valence-corrected chi connectivity index (χ1v) is 7.26. The summed E-state index contributed by atoms with van der Waals surface area (Å²) in [4.78, 5) is 4.54. The molecule has 20 heavy (non-hydrogen) atoms. The lowest BCUT2D eigenvalue weighted by Crippen LogP contribution is -2.05. The van der Waals surface area contributed by atoms with Gasteiger partial charge in [-0.05, 0) is 24.0 Å². The van der Waals surface area contributed by atoms with E-state index in [1.807, 2.05) is 24.4 Å². The van der Waals surface area contributed by atoms with Crippen LogP contribution in [0.15, 0.2) is 42.6 Å². The van der Waals surface area contributed by atoms with E-state index in [4.69, 9.17) is 4.74 Å². The molecule has 0 N–H and O–H groups in total. The second kappa shape index (κ2) is 6.56. The number of para-hydroxylation sites is 1. The molecular formula is C18H23NO. The SMILES string of the molecule is CC(C)COc1ccccc1-c1ccc(C(C)C)nc1. The molecule has 1 aromatic heterocycles. The monoisotopic (exact) mass is 269 g/mol. The summed E-state index contributed by atoms with van der Waals surface area (Å²) in [6, 6.07) is 12.4. The molecule has 0 saturated heterocycles. The van der Waals surface area contributed by atoms with Crippen LogP contribution in [0.25, 0.3) is 11.1 Å². The van der Waals surface area contributed by atoms with E-state index in [9.17, 15) is 0 Å². The van der Waals surface area contributed by atoms with Gasteiger partial charge in [-0.2, -0.15) is 0 Å². The number of nitrogens with zero attached hydrogens (tertiary/aromatic N) is 1. The Morgan fingerprint density at radius 2 is 1.75 bits per heavy atom. The molecule has 0 unspecified atom stereocenters. The Kier molecular flexibility index (Phi) is 4.78. The summed E-state index contributed by atoms with van der Waals surface area (Å²) in [5.41, 5.74) is 3.33. The van der Waals surface area contributed by atoms with Gasteiger partial charge in [0.05, 0.1) is 6.61 Å². The van der Waals surface area contributed by atoms with Gasteiger partial charge in [0, 0.05) is 23.0 Å². The number of rotatable bonds is 5. The van der Waals surface area contributed by atoms with E-state index >= 15 is 0 Å². The molecule has 0 bridgehead atoms. The zero-order valence-electron chi connectivity index (χ0n) is 12.8. The summed E-state index contributed by atoms with van der Waals surface area (Å²) >= 11 is 0. The highest BCUT2D eigenvalue weighted by Gasteiger charge is 2.08. The second-order valence-electron chi connectivity index (χ2n) is 5.83. The maximum atomic E-state index is 5.90. The molecule has 2 rings (SSSR count). The molecular weight excluding hydrogens is 246 g/mol. The van der Waals surface area contributed by atoms with E-state index in [0.29, 0.717) is 11.8 Å². The first-order valence-electron chi connectivity index (χ1n) is 7.26. The fourth-order valence-corrected chi connectivity index (χ4v) is 1.99. The Hall–Kier alpha value is -1.83. The van der Waals surface area contributed by atoms with Gasteiger partial charge in [0.15, 0.2) is 0 Å². The molecule has 0 atom stereocenters. The summed E-state index contributed by atoms with van der Waals surface area (Å²) in [7, 11) is 0. The van der Waals surface area contributed by atoms with Gasteiger partial charge in [-0.3, -0.25) is 4.98 Å². The number of hydrogen-bond donors (Lipinski definition) is 0. The smallest absolute Gasteiger partial charge is 0.127 e. The van der Waals surface area contributed by atoms with Crippen LogP contribution in [0.5, 0.6) is 5.75 Å². The van der Waals surface area contributed by atoms with E-state index in [1.165, 1.54) is 0 Å². The average molecular weight is 269 g/mol. The minimum absolute atomic E-state index is 0.455. The zero-order valence-corrected chi connectivity index (χ0v) is 12.8. The number of aromatic nitrogens is 1. The minimum atomic E-state index is 0.455. The summed E-state index contributed by atoms with van der Waals surface area (Å²) in [5.74, 6) is 1.90. The Labute approximate surface area is 121 Å². The Bertz CT molecular complexity index is 544. The van der Waals surface area contributed by atoms with E-state index in [-0.39, 0.29) is 0 Å². The van der Waals surface area contributed by atoms with Crippen LogP contribution in [0.4, 0.5) is 0 Å². The van der Waals surface area contributed by atoms with Crippen molar-refractivity contribution in [3.63, 3.8) is 0 Å². The van der Waals surface area contributed by atoms with Gasteiger partial charge in [-0.1, -0.05) is 52.0 Å². The molecule has 0 aliphatic rings. The largest absolute Gasteiger partial charge is 0.493 e. The van der Waals surface area contributed by atoms with E-state index in [2.05, 4.69) is 50.9 Å². The first-order chi connectivity index (χ1) is 9.58. The number of ether oxygens (including phenoxy) is 1. The molecule has 2 heteroatoms. The van der Waals surface area contributed by atoms with Gasteiger partial charge in [-0.25, -0.2) is 0 Å². The Morgan fingerprint density at radius 3 is 2.35 bits per heavy atom. The summed E-state index contributed by atoms with van der Waals surface area (Å²) < 4.78 is 5.90. The van der Waals surface area contributed by atoms with Crippen molar-refractivity contribution in [2.45, 2.75) is 33.6 Å². The average Bonchev–Trinajstić information content (AvgIpc) is 2.45. The van der Waals surface area contributed by atoms with Crippen molar-refractivity contribution < 1.29 is 4.74 Å². The molecule has 0 spiro atoms. The topological polar surface area (TPSA) is 22.1 Å². The van der Waals surface area contributed by atoms with Crippen LogP contribution in [-0.2, 0) is 0 Å². The highest BCUT2D eigenvalue weighted by Crippen LogP contribution is 2.30. The fraction of sp³-hybridized carbons (Fsp3) is 0.389. The quantitative estimate of drug-likeness (QED) is 0.769. The zero-order chi connectivity index (χ0) is 14.5. The maximum Gasteiger partial charge on any atom is 0.127 e. The first kappa shape index (κ1) is 14.6. The lowest BCUT2D eigenvalue weighted by molar-refractivity contribution is 0.272. The third-order valence-corrected chi connectivity index (χ3v) is 3.15. The van der Waals surface area contributed by atoms with Crippen LogP contribution >= 0.6 is 0 Å². The van der Waals surface area contributed by atoms with Gasteiger partial charge >= 0.3 is 0 Å². The van der Waals surface area contributed by atoms with Gasteiger partial charge in [-0.15, -0.1) is 0 Å². The predicted octanol–water partition coefficient (Wildman–Crippen LogP) is 4.91. The standard InChI is InChI=1S/C18H23NO/c1-13(2)12-20-18-8-6-5-7-16(18)15-9-10-17(14(3)4)19-11-15/h5-11,13-14H,12H2,1-4H3. The Balaban J connectivity index is 2.27. The lowest BCUT2D eigenvalue weighted by atomic mass is 10.0. The molecule has 1 aromatic carbocycles. The third kappa shape index (κ3) is 3.60. The van der Waals surface area contributed by atoms with Crippen molar-refractivity contribution in [2.75, 3.05) is 6.61 Å². The van der Waals surface area contributed by atoms with Crippen LogP contribution < -0.4 is 4.74 Å². The van der Waals surface area contributed by atoms with Crippen molar-refractivity contribution in [1.82, 2.24) is 4.98 Å². The molecule has 0 saturated carbocycles. The molecule has 2 aromatic rings. The molecule has 0 aliphatic heterocycles. The summed E-state index contributed by atoms with van der Waals surface area (Å²) in [5, 5.41) is 0. The predicted molar refractivity (Wildman–Crippen MR) is 84.1 cm³/mol. The maximum absolute atomic E-state index is 5.90. The van der Waals surface area contributed by atoms with Crippen LogP contribution in [-0.4, -0.2) is 11.6 Å². The van der Waals surface area contributed by atoms with Crippen molar-refractivity contribution in [3.05, 3.63) is 48.3 Å². The number of pyridine rings is 1. The van der Waals surface area contributed by atoms with Gasteiger partial charge in [0.1, 0.15) is 5.75 Å². The van der Waals surface area contributed by atoms with Crippen LogP contribution in [0.3, 0.4) is 0 Å². The van der Waals surface area contributed by atoms with E-state index in [0.717, 1.165) is 29.2 Å². The molecule has 0 radical (unpaired) electrons. The van der Waals surface area contributed by atoms with Crippen LogP contribution in [0, 0.1) is 5.92 Å². The van der Waals surface area contributed by atoms with Gasteiger partial charge in [0.2, 0.25) is 0 Å². The summed E-state index contributed by atoms with van der Waals surface area (Å²) in [6.07, 6.45) is 1.94. The fourth-order valence-electron chi connectivity index (χ4n) is 1.99. The summed E-state index contributed by atoms with van der Waals surface area (Å²) in [6.45, 7) is 9.35. The number of hydrogen-bond acceptors (Lipinski definition) is 2. The van der Waals surface area contributed by atoms with Crippen molar-refractivity contribution >= 4 is 0 Å². The lowest BCUT2D eigenvalue weighted by Gasteiger charge is -2.13. The van der Waals surface area contributed by atoms with Crippen molar-refractivity contribution in [3.8, 4) is 16.9 Å². The van der Waals surface area contributed by atoms with Crippen LogP contribution in [0.2, 0.25) is 0 Å². The molecule has 0 fully saturated rings.